The van der Waals surface area contributed by atoms with Crippen molar-refractivity contribution < 1.29 is 14.6 Å². The molecule has 1 aromatic carbocycles. The van der Waals surface area contributed by atoms with E-state index >= 15 is 0 Å². The summed E-state index contributed by atoms with van der Waals surface area (Å²) < 4.78 is 10.5. The molecule has 0 saturated carbocycles. The third-order valence-electron chi connectivity index (χ3n) is 3.84. The third-order valence-corrected chi connectivity index (χ3v) is 3.84. The Labute approximate surface area is 115 Å². The summed E-state index contributed by atoms with van der Waals surface area (Å²) in [5.74, 6) is 1.44. The molecule has 0 radical (unpaired) electrons. The Balaban J connectivity index is 2.97. The fourth-order valence-electron chi connectivity index (χ4n) is 2.19. The van der Waals surface area contributed by atoms with Crippen molar-refractivity contribution in [2.45, 2.75) is 32.7 Å². The number of aliphatic hydroxyl groups is 1. The number of nitrogens with two attached hydrogens (primary N) is 1. The van der Waals surface area contributed by atoms with Crippen LogP contribution in [0.5, 0.6) is 11.5 Å². The number of aliphatic hydroxyl groups excluding tert-OH is 1. The van der Waals surface area contributed by atoms with Gasteiger partial charge in [0.05, 0.1) is 14.2 Å². The zero-order valence-electron chi connectivity index (χ0n) is 12.3. The summed E-state index contributed by atoms with van der Waals surface area (Å²) >= 11 is 0. The minimum Gasteiger partial charge on any atom is -0.493 e. The summed E-state index contributed by atoms with van der Waals surface area (Å²) in [7, 11) is 3.25. The molecule has 19 heavy (non-hydrogen) atoms. The van der Waals surface area contributed by atoms with Crippen LogP contribution < -0.4 is 15.2 Å². The lowest BCUT2D eigenvalue weighted by atomic mass is 9.75. The molecular formula is C15H25NO3. The molecule has 4 heteroatoms. The van der Waals surface area contributed by atoms with Gasteiger partial charge in [0.15, 0.2) is 11.5 Å². The molecule has 3 N–H and O–H groups in total. The minimum atomic E-state index is -0.131. The number of hydrogen-bond acceptors (Lipinski definition) is 4. The zero-order chi connectivity index (χ0) is 14.5. The average Bonchev–Trinajstić information content (AvgIpc) is 2.38. The van der Waals surface area contributed by atoms with Gasteiger partial charge in [-0.15, -0.1) is 0 Å². The monoisotopic (exact) mass is 267 g/mol. The molecular weight excluding hydrogens is 242 g/mol. The van der Waals surface area contributed by atoms with Gasteiger partial charge in [-0.25, -0.2) is 0 Å². The lowest BCUT2D eigenvalue weighted by Gasteiger charge is -2.33. The van der Waals surface area contributed by atoms with Gasteiger partial charge < -0.3 is 20.3 Å². The van der Waals surface area contributed by atoms with E-state index in [2.05, 4.69) is 6.92 Å². The van der Waals surface area contributed by atoms with Crippen molar-refractivity contribution in [1.29, 1.82) is 0 Å². The normalized spacial score (nSPS) is 15.7. The molecule has 4 nitrogen and oxygen atoms in total. The number of ether oxygens (including phenoxy) is 2. The summed E-state index contributed by atoms with van der Waals surface area (Å²) in [5.41, 5.74) is 7.06. The Kier molecular flexibility index (Phi) is 5.63. The Bertz CT molecular complexity index is 406. The highest BCUT2D eigenvalue weighted by Crippen LogP contribution is 2.33. The second-order valence-corrected chi connectivity index (χ2v) is 5.28. The summed E-state index contributed by atoms with van der Waals surface area (Å²) in [5, 5.41) is 9.21. The van der Waals surface area contributed by atoms with Gasteiger partial charge in [0.25, 0.3) is 0 Å². The molecule has 0 saturated heterocycles. The van der Waals surface area contributed by atoms with Gasteiger partial charge >= 0.3 is 0 Å². The molecule has 108 valence electrons. The first kappa shape index (κ1) is 15.8. The van der Waals surface area contributed by atoms with Crippen molar-refractivity contribution in [1.82, 2.24) is 0 Å². The van der Waals surface area contributed by atoms with E-state index in [1.807, 2.05) is 25.1 Å². The van der Waals surface area contributed by atoms with Crippen molar-refractivity contribution >= 4 is 0 Å². The molecule has 2 atom stereocenters. The van der Waals surface area contributed by atoms with E-state index in [1.54, 1.807) is 14.2 Å². The molecule has 2 unspecified atom stereocenters. The molecule has 0 aliphatic carbocycles. The standard InChI is InChI=1S/C15H25NO3/c1-11(16)15(2,7-8-17)10-12-5-6-13(18-3)14(9-12)19-4/h5-6,9,11,17H,7-8,10,16H2,1-4H3. The maximum Gasteiger partial charge on any atom is 0.160 e. The first-order chi connectivity index (χ1) is 8.96. The van der Waals surface area contributed by atoms with Crippen LogP contribution in [0, 0.1) is 5.41 Å². The van der Waals surface area contributed by atoms with Gasteiger partial charge in [-0.1, -0.05) is 13.0 Å². The van der Waals surface area contributed by atoms with E-state index in [-0.39, 0.29) is 18.1 Å². The van der Waals surface area contributed by atoms with Crippen molar-refractivity contribution in [3.8, 4) is 11.5 Å². The molecule has 0 bridgehead atoms. The van der Waals surface area contributed by atoms with Crippen LogP contribution in [0.4, 0.5) is 0 Å². The predicted molar refractivity (Wildman–Crippen MR) is 76.7 cm³/mol. The van der Waals surface area contributed by atoms with Gasteiger partial charge in [-0.3, -0.25) is 0 Å². The highest BCUT2D eigenvalue weighted by Gasteiger charge is 2.28. The molecule has 0 amide bonds. The van der Waals surface area contributed by atoms with Crippen LogP contribution in [0.1, 0.15) is 25.8 Å². The maximum atomic E-state index is 9.21. The topological polar surface area (TPSA) is 64.7 Å². The Morgan fingerprint density at radius 2 is 1.89 bits per heavy atom. The predicted octanol–water partition coefficient (Wildman–Crippen LogP) is 1.98. The highest BCUT2D eigenvalue weighted by atomic mass is 16.5. The molecule has 0 aliphatic rings. The fraction of sp³-hybridized carbons (Fsp3) is 0.600. The van der Waals surface area contributed by atoms with Gasteiger partial charge in [0.2, 0.25) is 0 Å². The van der Waals surface area contributed by atoms with E-state index in [1.165, 1.54) is 0 Å². The summed E-state index contributed by atoms with van der Waals surface area (Å²) in [6.07, 6.45) is 1.48. The van der Waals surface area contributed by atoms with Crippen molar-refractivity contribution in [2.24, 2.45) is 11.1 Å². The molecule has 1 aromatic rings. The Morgan fingerprint density at radius 1 is 1.26 bits per heavy atom. The lowest BCUT2D eigenvalue weighted by molar-refractivity contribution is 0.171. The number of benzene rings is 1. The van der Waals surface area contributed by atoms with Gasteiger partial charge in [-0.05, 0) is 42.9 Å². The van der Waals surface area contributed by atoms with Crippen LogP contribution in [0.15, 0.2) is 18.2 Å². The van der Waals surface area contributed by atoms with Crippen molar-refractivity contribution in [3.05, 3.63) is 23.8 Å². The molecule has 0 aliphatic heterocycles. The summed E-state index contributed by atoms with van der Waals surface area (Å²) in [6.45, 7) is 4.23. The highest BCUT2D eigenvalue weighted by molar-refractivity contribution is 5.43. The number of rotatable bonds is 7. The van der Waals surface area contributed by atoms with E-state index in [4.69, 9.17) is 15.2 Å². The smallest absolute Gasteiger partial charge is 0.160 e. The maximum absolute atomic E-state index is 9.21. The zero-order valence-corrected chi connectivity index (χ0v) is 12.3. The first-order valence-electron chi connectivity index (χ1n) is 6.54. The molecule has 0 aromatic heterocycles. The summed E-state index contributed by atoms with van der Waals surface area (Å²) in [6, 6.07) is 5.89. The second-order valence-electron chi connectivity index (χ2n) is 5.28. The number of hydrogen-bond donors (Lipinski definition) is 2. The minimum absolute atomic E-state index is 0.00717. The lowest BCUT2D eigenvalue weighted by Crippen LogP contribution is -2.39. The fourth-order valence-corrected chi connectivity index (χ4v) is 2.19. The van der Waals surface area contributed by atoms with Crippen LogP contribution in [-0.4, -0.2) is 32.0 Å². The third kappa shape index (κ3) is 3.85. The van der Waals surface area contributed by atoms with E-state index < -0.39 is 0 Å². The average molecular weight is 267 g/mol. The van der Waals surface area contributed by atoms with Crippen LogP contribution in [0.25, 0.3) is 0 Å². The quantitative estimate of drug-likeness (QED) is 0.793. The number of methoxy groups -OCH3 is 2. The summed E-state index contributed by atoms with van der Waals surface area (Å²) in [4.78, 5) is 0. The van der Waals surface area contributed by atoms with Crippen LogP contribution in [0.3, 0.4) is 0 Å². The van der Waals surface area contributed by atoms with Crippen molar-refractivity contribution in [3.63, 3.8) is 0 Å². The van der Waals surface area contributed by atoms with E-state index in [0.29, 0.717) is 6.42 Å². The largest absolute Gasteiger partial charge is 0.493 e. The van der Waals surface area contributed by atoms with Gasteiger partial charge in [-0.2, -0.15) is 0 Å². The van der Waals surface area contributed by atoms with Crippen molar-refractivity contribution in [2.75, 3.05) is 20.8 Å². The molecule has 1 rings (SSSR count). The van der Waals surface area contributed by atoms with E-state index in [9.17, 15) is 5.11 Å². The Morgan fingerprint density at radius 3 is 2.37 bits per heavy atom. The van der Waals surface area contributed by atoms with E-state index in [0.717, 1.165) is 23.5 Å². The van der Waals surface area contributed by atoms with Crippen LogP contribution >= 0.6 is 0 Å². The van der Waals surface area contributed by atoms with Crippen LogP contribution in [-0.2, 0) is 6.42 Å². The van der Waals surface area contributed by atoms with Gasteiger partial charge in [0.1, 0.15) is 0 Å². The Hall–Kier alpha value is -1.26. The first-order valence-corrected chi connectivity index (χ1v) is 6.54. The molecule has 0 fully saturated rings. The SMILES string of the molecule is COc1ccc(CC(C)(CCO)C(C)N)cc1OC. The van der Waals surface area contributed by atoms with Gasteiger partial charge in [0, 0.05) is 12.6 Å². The van der Waals surface area contributed by atoms with Crippen LogP contribution in [0.2, 0.25) is 0 Å². The molecule has 0 spiro atoms. The second kappa shape index (κ2) is 6.78. The molecule has 0 heterocycles.